The average Bonchev–Trinajstić information content (AvgIpc) is 2.55. The number of aliphatic carboxylic acids is 1. The third kappa shape index (κ3) is 4.75. The molecule has 0 unspecified atom stereocenters. The van der Waals surface area contributed by atoms with Gasteiger partial charge >= 0.3 is 5.97 Å². The maximum Gasteiger partial charge on any atom is 0.303 e. The van der Waals surface area contributed by atoms with Crippen molar-refractivity contribution in [2.45, 2.75) is 38.5 Å². The summed E-state index contributed by atoms with van der Waals surface area (Å²) in [6, 6.07) is 15.2. The van der Waals surface area contributed by atoms with E-state index in [9.17, 15) is 9.90 Å². The molecular formula is C20H24O4. The predicted octanol–water partition coefficient (Wildman–Crippen LogP) is 4.35. The second kappa shape index (κ2) is 7.86. The van der Waals surface area contributed by atoms with Crippen molar-refractivity contribution in [2.24, 2.45) is 0 Å². The van der Waals surface area contributed by atoms with Crippen LogP contribution in [0.25, 0.3) is 0 Å². The molecule has 0 atom stereocenters. The fourth-order valence-electron chi connectivity index (χ4n) is 2.58. The number of phenols is 1. The smallest absolute Gasteiger partial charge is 0.303 e. The Morgan fingerprint density at radius 1 is 0.958 bits per heavy atom. The molecule has 0 aliphatic heterocycles. The quantitative estimate of drug-likeness (QED) is 0.707. The van der Waals surface area contributed by atoms with E-state index in [-0.39, 0.29) is 17.6 Å². The topological polar surface area (TPSA) is 66.8 Å². The fourth-order valence-corrected chi connectivity index (χ4v) is 2.58. The molecule has 2 aromatic carbocycles. The zero-order valence-electron chi connectivity index (χ0n) is 14.2. The van der Waals surface area contributed by atoms with Crippen LogP contribution in [0.4, 0.5) is 0 Å². The van der Waals surface area contributed by atoms with Crippen molar-refractivity contribution in [3.8, 4) is 11.5 Å². The Kier molecular flexibility index (Phi) is 5.85. The van der Waals surface area contributed by atoms with Crippen molar-refractivity contribution in [3.63, 3.8) is 0 Å². The van der Waals surface area contributed by atoms with Crippen LogP contribution in [0.3, 0.4) is 0 Å². The van der Waals surface area contributed by atoms with E-state index in [1.54, 1.807) is 12.1 Å². The molecule has 0 heterocycles. The average molecular weight is 328 g/mol. The van der Waals surface area contributed by atoms with Crippen molar-refractivity contribution in [1.82, 2.24) is 0 Å². The largest absolute Gasteiger partial charge is 0.508 e. The van der Waals surface area contributed by atoms with E-state index in [0.717, 1.165) is 23.3 Å². The molecule has 0 aliphatic carbocycles. The number of carboxylic acids is 1. The summed E-state index contributed by atoms with van der Waals surface area (Å²) >= 11 is 0. The lowest BCUT2D eigenvalue weighted by molar-refractivity contribution is -0.137. The molecule has 0 radical (unpaired) electrons. The third-order valence-electron chi connectivity index (χ3n) is 4.22. The Balaban J connectivity index is 1.95. The van der Waals surface area contributed by atoms with E-state index in [4.69, 9.17) is 9.84 Å². The van der Waals surface area contributed by atoms with Crippen LogP contribution in [0.2, 0.25) is 0 Å². The first-order valence-electron chi connectivity index (χ1n) is 8.14. The minimum absolute atomic E-state index is 0.173. The highest BCUT2D eigenvalue weighted by Crippen LogP contribution is 2.33. The van der Waals surface area contributed by atoms with E-state index < -0.39 is 5.97 Å². The van der Waals surface area contributed by atoms with E-state index in [1.165, 1.54) is 0 Å². The van der Waals surface area contributed by atoms with Crippen molar-refractivity contribution in [3.05, 3.63) is 59.7 Å². The van der Waals surface area contributed by atoms with E-state index >= 15 is 0 Å². The molecule has 0 aromatic heterocycles. The van der Waals surface area contributed by atoms with Gasteiger partial charge in [-0.1, -0.05) is 38.1 Å². The second-order valence-electron chi connectivity index (χ2n) is 6.40. The summed E-state index contributed by atoms with van der Waals surface area (Å²) in [6.45, 7) is 4.80. The maximum atomic E-state index is 10.4. The van der Waals surface area contributed by atoms with Gasteiger partial charge < -0.3 is 14.9 Å². The molecule has 0 saturated heterocycles. The summed E-state index contributed by atoms with van der Waals surface area (Å²) in [6.07, 6.45) is 1.54. The molecule has 2 N–H and O–H groups in total. The van der Waals surface area contributed by atoms with Crippen LogP contribution in [0.5, 0.6) is 11.5 Å². The summed E-state index contributed by atoms with van der Waals surface area (Å²) in [5.74, 6) is 0.285. The number of carboxylic acid groups (broad SMARTS) is 1. The van der Waals surface area contributed by atoms with Crippen LogP contribution in [-0.4, -0.2) is 22.8 Å². The number of hydrogen-bond acceptors (Lipinski definition) is 3. The van der Waals surface area contributed by atoms with Crippen molar-refractivity contribution < 1.29 is 19.7 Å². The molecule has 0 saturated carbocycles. The van der Waals surface area contributed by atoms with Crippen LogP contribution in [-0.2, 0) is 10.2 Å². The van der Waals surface area contributed by atoms with Gasteiger partial charge in [-0.25, -0.2) is 0 Å². The zero-order valence-corrected chi connectivity index (χ0v) is 14.2. The monoisotopic (exact) mass is 328 g/mol. The normalized spacial score (nSPS) is 11.2. The first-order valence-corrected chi connectivity index (χ1v) is 8.14. The number of rotatable bonds is 8. The minimum Gasteiger partial charge on any atom is -0.508 e. The van der Waals surface area contributed by atoms with Gasteiger partial charge in [0.1, 0.15) is 11.5 Å². The van der Waals surface area contributed by atoms with Crippen LogP contribution in [0.1, 0.15) is 44.2 Å². The number of hydrogen-bond donors (Lipinski definition) is 2. The van der Waals surface area contributed by atoms with Crippen LogP contribution in [0.15, 0.2) is 48.5 Å². The molecule has 2 rings (SSSR count). The highest BCUT2D eigenvalue weighted by molar-refractivity contribution is 5.66. The number of unbranched alkanes of at least 4 members (excludes halogenated alkanes) is 1. The molecule has 24 heavy (non-hydrogen) atoms. The number of ether oxygens (including phenoxy) is 1. The molecule has 0 bridgehead atoms. The molecule has 0 fully saturated rings. The van der Waals surface area contributed by atoms with Gasteiger partial charge in [0.25, 0.3) is 0 Å². The first kappa shape index (κ1) is 17.9. The lowest BCUT2D eigenvalue weighted by atomic mass is 9.78. The van der Waals surface area contributed by atoms with Gasteiger partial charge in [-0.3, -0.25) is 4.79 Å². The van der Waals surface area contributed by atoms with Crippen LogP contribution in [0, 0.1) is 0 Å². The molecular weight excluding hydrogens is 304 g/mol. The maximum absolute atomic E-state index is 10.4. The summed E-state index contributed by atoms with van der Waals surface area (Å²) in [4.78, 5) is 10.4. The second-order valence-corrected chi connectivity index (χ2v) is 6.40. The molecule has 4 heteroatoms. The first-order chi connectivity index (χ1) is 11.4. The Labute approximate surface area is 142 Å². The van der Waals surface area contributed by atoms with Gasteiger partial charge in [0.05, 0.1) is 6.61 Å². The Morgan fingerprint density at radius 2 is 1.50 bits per heavy atom. The van der Waals surface area contributed by atoms with Crippen molar-refractivity contribution in [1.29, 1.82) is 0 Å². The fraction of sp³-hybridized carbons (Fsp3) is 0.350. The third-order valence-corrected chi connectivity index (χ3v) is 4.22. The molecule has 128 valence electrons. The highest BCUT2D eigenvalue weighted by Gasteiger charge is 2.22. The van der Waals surface area contributed by atoms with Crippen molar-refractivity contribution in [2.75, 3.05) is 6.61 Å². The summed E-state index contributed by atoms with van der Waals surface area (Å²) in [5, 5.41) is 18.0. The molecule has 0 spiro atoms. The van der Waals surface area contributed by atoms with Gasteiger partial charge in [-0.2, -0.15) is 0 Å². The van der Waals surface area contributed by atoms with Gasteiger partial charge in [0.2, 0.25) is 0 Å². The number of carbonyl (C=O) groups is 1. The summed E-state index contributed by atoms with van der Waals surface area (Å²) in [7, 11) is 0. The summed E-state index contributed by atoms with van der Waals surface area (Å²) < 4.78 is 5.65. The molecule has 2 aromatic rings. The Morgan fingerprint density at radius 3 is 2.04 bits per heavy atom. The molecule has 0 amide bonds. The zero-order chi connectivity index (χ0) is 17.6. The highest BCUT2D eigenvalue weighted by atomic mass is 16.5. The van der Waals surface area contributed by atoms with E-state index in [0.29, 0.717) is 13.0 Å². The van der Waals surface area contributed by atoms with E-state index in [2.05, 4.69) is 13.8 Å². The van der Waals surface area contributed by atoms with Gasteiger partial charge in [-0.05, 0) is 48.2 Å². The number of aromatic hydroxyl groups is 1. The van der Waals surface area contributed by atoms with Crippen LogP contribution < -0.4 is 4.74 Å². The SMILES string of the molecule is CC(C)(c1ccc(O)cc1)c1ccc(OCCCCC(=O)O)cc1. The number of phenolic OH excluding ortho intramolecular Hbond substituents is 1. The lowest BCUT2D eigenvalue weighted by Crippen LogP contribution is -2.18. The van der Waals surface area contributed by atoms with Crippen LogP contribution >= 0.6 is 0 Å². The predicted molar refractivity (Wildman–Crippen MR) is 93.7 cm³/mol. The molecule has 0 aliphatic rings. The lowest BCUT2D eigenvalue weighted by Gasteiger charge is -2.26. The van der Waals surface area contributed by atoms with Gasteiger partial charge in [0.15, 0.2) is 0 Å². The molecule has 4 nitrogen and oxygen atoms in total. The van der Waals surface area contributed by atoms with Crippen molar-refractivity contribution >= 4 is 5.97 Å². The van der Waals surface area contributed by atoms with Gasteiger partial charge in [0, 0.05) is 11.8 Å². The van der Waals surface area contributed by atoms with Gasteiger partial charge in [-0.15, -0.1) is 0 Å². The summed E-state index contributed by atoms with van der Waals surface area (Å²) in [5.41, 5.74) is 2.11. The standard InChI is InChI=1S/C20H24O4/c1-20(2,15-6-10-17(21)11-7-15)16-8-12-18(13-9-16)24-14-4-3-5-19(22)23/h6-13,21H,3-5,14H2,1-2H3,(H,22,23). The minimum atomic E-state index is -0.768. The van der Waals surface area contributed by atoms with E-state index in [1.807, 2.05) is 36.4 Å². The Hall–Kier alpha value is -2.49. The number of benzene rings is 2. The Bertz CT molecular complexity index is 657.